The monoisotopic (exact) mass is 243 g/mol. The van der Waals surface area contributed by atoms with Gasteiger partial charge < -0.3 is 15.2 Å². The molecular formula is C13H13N3O2. The van der Waals surface area contributed by atoms with E-state index in [1.807, 2.05) is 12.1 Å². The van der Waals surface area contributed by atoms with Gasteiger partial charge in [-0.15, -0.1) is 0 Å². The van der Waals surface area contributed by atoms with E-state index in [1.54, 1.807) is 20.4 Å². The Morgan fingerprint density at radius 2 is 1.83 bits per heavy atom. The van der Waals surface area contributed by atoms with Gasteiger partial charge in [0.15, 0.2) is 11.5 Å². The summed E-state index contributed by atoms with van der Waals surface area (Å²) in [6.07, 6.45) is 2.57. The van der Waals surface area contributed by atoms with Crippen molar-refractivity contribution in [2.75, 3.05) is 20.0 Å². The third kappa shape index (κ3) is 1.48. The van der Waals surface area contributed by atoms with Gasteiger partial charge in [0.2, 0.25) is 5.95 Å². The van der Waals surface area contributed by atoms with Crippen LogP contribution >= 0.6 is 0 Å². The molecule has 0 atom stereocenters. The fourth-order valence-corrected chi connectivity index (χ4v) is 2.28. The van der Waals surface area contributed by atoms with Crippen molar-refractivity contribution in [3.05, 3.63) is 29.5 Å². The van der Waals surface area contributed by atoms with Gasteiger partial charge in [0.25, 0.3) is 0 Å². The lowest BCUT2D eigenvalue weighted by atomic mass is 10.1. The number of nitrogens with zero attached hydrogens (tertiary/aromatic N) is 2. The first-order valence-corrected chi connectivity index (χ1v) is 5.59. The zero-order valence-corrected chi connectivity index (χ0v) is 10.2. The molecule has 1 aliphatic carbocycles. The van der Waals surface area contributed by atoms with Crippen LogP contribution in [0.15, 0.2) is 18.3 Å². The number of aromatic nitrogens is 2. The Morgan fingerprint density at radius 1 is 1.11 bits per heavy atom. The van der Waals surface area contributed by atoms with E-state index in [4.69, 9.17) is 15.2 Å². The topological polar surface area (TPSA) is 70.3 Å². The summed E-state index contributed by atoms with van der Waals surface area (Å²) in [6.45, 7) is 0. The largest absolute Gasteiger partial charge is 0.493 e. The number of hydrogen-bond acceptors (Lipinski definition) is 5. The molecule has 2 N–H and O–H groups in total. The highest BCUT2D eigenvalue weighted by Gasteiger charge is 2.23. The quantitative estimate of drug-likeness (QED) is 0.741. The summed E-state index contributed by atoms with van der Waals surface area (Å²) in [5.74, 6) is 1.71. The van der Waals surface area contributed by atoms with Gasteiger partial charge in [0.1, 0.15) is 0 Å². The highest BCUT2D eigenvalue weighted by atomic mass is 16.5. The molecule has 0 unspecified atom stereocenters. The van der Waals surface area contributed by atoms with E-state index < -0.39 is 0 Å². The number of hydrogen-bond donors (Lipinski definition) is 1. The molecule has 1 aromatic carbocycles. The van der Waals surface area contributed by atoms with Crippen molar-refractivity contribution in [2.24, 2.45) is 0 Å². The van der Waals surface area contributed by atoms with Crippen molar-refractivity contribution in [1.82, 2.24) is 9.97 Å². The summed E-state index contributed by atoms with van der Waals surface area (Å²) in [5.41, 5.74) is 9.80. The molecule has 0 saturated carbocycles. The van der Waals surface area contributed by atoms with E-state index in [2.05, 4.69) is 9.97 Å². The van der Waals surface area contributed by atoms with Gasteiger partial charge >= 0.3 is 0 Å². The number of fused-ring (bicyclic) bond motifs is 3. The van der Waals surface area contributed by atoms with Crippen molar-refractivity contribution in [3.8, 4) is 22.8 Å². The predicted octanol–water partition coefficient (Wildman–Crippen LogP) is 1.65. The lowest BCUT2D eigenvalue weighted by molar-refractivity contribution is 0.355. The highest BCUT2D eigenvalue weighted by Crippen LogP contribution is 2.41. The standard InChI is InChI=1S/C13H13N3O2/c1-17-10-4-7-3-8-6-15-13(14)16-12(8)9(7)5-11(10)18-2/h4-6H,3H2,1-2H3,(H2,14,15,16). The lowest BCUT2D eigenvalue weighted by Crippen LogP contribution is -1.96. The van der Waals surface area contributed by atoms with Gasteiger partial charge in [-0.05, 0) is 17.7 Å². The second-order valence-electron chi connectivity index (χ2n) is 4.14. The second kappa shape index (κ2) is 3.87. The van der Waals surface area contributed by atoms with Gasteiger partial charge in [0, 0.05) is 23.7 Å². The summed E-state index contributed by atoms with van der Waals surface area (Å²) in [5, 5.41) is 0. The third-order valence-corrected chi connectivity index (χ3v) is 3.13. The summed E-state index contributed by atoms with van der Waals surface area (Å²) < 4.78 is 10.6. The maximum absolute atomic E-state index is 5.64. The van der Waals surface area contributed by atoms with Gasteiger partial charge in [-0.2, -0.15) is 0 Å². The summed E-state index contributed by atoms with van der Waals surface area (Å²) in [7, 11) is 3.25. The second-order valence-corrected chi connectivity index (χ2v) is 4.14. The maximum atomic E-state index is 5.64. The van der Waals surface area contributed by atoms with E-state index in [0.717, 1.165) is 34.6 Å². The molecule has 1 aromatic heterocycles. The van der Waals surface area contributed by atoms with Crippen LogP contribution in [0.1, 0.15) is 11.1 Å². The normalized spacial score (nSPS) is 11.9. The number of benzene rings is 1. The Balaban J connectivity index is 2.20. The van der Waals surface area contributed by atoms with E-state index in [0.29, 0.717) is 5.75 Å². The van der Waals surface area contributed by atoms with Gasteiger partial charge in [0.05, 0.1) is 19.9 Å². The van der Waals surface area contributed by atoms with Crippen molar-refractivity contribution in [3.63, 3.8) is 0 Å². The van der Waals surface area contributed by atoms with Crippen LogP contribution in [-0.2, 0) is 6.42 Å². The number of ether oxygens (including phenoxy) is 2. The van der Waals surface area contributed by atoms with Gasteiger partial charge in [-0.3, -0.25) is 0 Å². The predicted molar refractivity (Wildman–Crippen MR) is 67.8 cm³/mol. The van der Waals surface area contributed by atoms with Gasteiger partial charge in [-0.25, -0.2) is 9.97 Å². The Bertz CT molecular complexity index is 626. The number of anilines is 1. The van der Waals surface area contributed by atoms with E-state index in [-0.39, 0.29) is 5.95 Å². The minimum atomic E-state index is 0.288. The van der Waals surface area contributed by atoms with E-state index in [1.165, 1.54) is 0 Å². The van der Waals surface area contributed by atoms with Crippen LogP contribution in [0.4, 0.5) is 5.95 Å². The van der Waals surface area contributed by atoms with E-state index in [9.17, 15) is 0 Å². The number of rotatable bonds is 2. The fourth-order valence-electron chi connectivity index (χ4n) is 2.28. The zero-order chi connectivity index (χ0) is 12.7. The summed E-state index contributed by atoms with van der Waals surface area (Å²) in [4.78, 5) is 8.32. The van der Waals surface area contributed by atoms with Crippen LogP contribution < -0.4 is 15.2 Å². The fraction of sp³-hybridized carbons (Fsp3) is 0.231. The Morgan fingerprint density at radius 3 is 2.56 bits per heavy atom. The first kappa shape index (κ1) is 10.8. The molecule has 0 bridgehead atoms. The molecule has 0 spiro atoms. The molecule has 3 rings (SSSR count). The molecule has 1 heterocycles. The van der Waals surface area contributed by atoms with E-state index >= 15 is 0 Å². The summed E-state index contributed by atoms with van der Waals surface area (Å²) >= 11 is 0. The first-order chi connectivity index (χ1) is 8.72. The molecular weight excluding hydrogens is 230 g/mol. The molecule has 0 fully saturated rings. The van der Waals surface area contributed by atoms with Crippen LogP contribution in [0.5, 0.6) is 11.5 Å². The highest BCUT2D eigenvalue weighted by molar-refractivity contribution is 5.76. The van der Waals surface area contributed by atoms with Crippen LogP contribution in [0.25, 0.3) is 11.3 Å². The van der Waals surface area contributed by atoms with Crippen LogP contribution in [0, 0.1) is 0 Å². The van der Waals surface area contributed by atoms with Crippen molar-refractivity contribution >= 4 is 5.95 Å². The molecule has 5 heteroatoms. The van der Waals surface area contributed by atoms with Crippen LogP contribution in [0.2, 0.25) is 0 Å². The average Bonchev–Trinajstić information content (AvgIpc) is 2.74. The number of nitrogens with two attached hydrogens (primary N) is 1. The average molecular weight is 243 g/mol. The molecule has 0 amide bonds. The molecule has 18 heavy (non-hydrogen) atoms. The molecule has 0 saturated heterocycles. The van der Waals surface area contributed by atoms with Crippen molar-refractivity contribution < 1.29 is 9.47 Å². The van der Waals surface area contributed by atoms with Crippen LogP contribution in [0.3, 0.4) is 0 Å². The van der Waals surface area contributed by atoms with Gasteiger partial charge in [-0.1, -0.05) is 0 Å². The maximum Gasteiger partial charge on any atom is 0.220 e. The number of nitrogen functional groups attached to an aromatic ring is 1. The SMILES string of the molecule is COc1cc2c(cc1OC)-c1nc(N)ncc1C2. The third-order valence-electron chi connectivity index (χ3n) is 3.13. The Hall–Kier alpha value is -2.30. The lowest BCUT2D eigenvalue weighted by Gasteiger charge is -2.10. The molecule has 2 aromatic rings. The smallest absolute Gasteiger partial charge is 0.220 e. The number of methoxy groups -OCH3 is 2. The van der Waals surface area contributed by atoms with Crippen molar-refractivity contribution in [2.45, 2.75) is 6.42 Å². The Kier molecular flexibility index (Phi) is 2.33. The van der Waals surface area contributed by atoms with Crippen LogP contribution in [-0.4, -0.2) is 24.2 Å². The van der Waals surface area contributed by atoms with Crippen molar-refractivity contribution in [1.29, 1.82) is 0 Å². The summed E-state index contributed by atoms with van der Waals surface area (Å²) in [6, 6.07) is 3.92. The molecule has 92 valence electrons. The minimum Gasteiger partial charge on any atom is -0.493 e. The molecule has 5 nitrogen and oxygen atoms in total. The molecule has 0 radical (unpaired) electrons. The minimum absolute atomic E-state index is 0.288. The molecule has 0 aliphatic heterocycles. The first-order valence-electron chi connectivity index (χ1n) is 5.59. The molecule has 1 aliphatic rings. The Labute approximate surface area is 105 Å². The zero-order valence-electron chi connectivity index (χ0n) is 10.2.